The molecular weight excluding hydrogens is 582 g/mol. The predicted octanol–water partition coefficient (Wildman–Crippen LogP) is -1.85. The van der Waals surface area contributed by atoms with Gasteiger partial charge in [0.1, 0.15) is 6.10 Å². The number of allylic oxidation sites excluding steroid dienone is 1. The van der Waals surface area contributed by atoms with Crippen LogP contribution in [0.25, 0.3) is 0 Å². The van der Waals surface area contributed by atoms with Crippen molar-refractivity contribution < 1.29 is 60.2 Å². The normalized spacial score (nSPS) is 40.5. The van der Waals surface area contributed by atoms with Gasteiger partial charge in [-0.2, -0.15) is 0 Å². The number of ether oxygens (including phenoxy) is 1. The molecule has 5 nitrogen and oxygen atoms in total. The topological polar surface area (TPSA) is 104 Å². The summed E-state index contributed by atoms with van der Waals surface area (Å²) in [4.78, 5) is 23.1. The first-order valence-electron chi connectivity index (χ1n) is 9.54. The Hall–Kier alpha value is -0.0917. The number of amides is 1. The minimum Gasteiger partial charge on any atom is -1.00 e. The fourth-order valence-electron chi connectivity index (χ4n) is 6.85. The Kier molecular flexibility index (Phi) is 9.78. The van der Waals surface area contributed by atoms with E-state index in [1.54, 1.807) is 0 Å². The van der Waals surface area contributed by atoms with Crippen LogP contribution < -0.4 is 36.7 Å². The van der Waals surface area contributed by atoms with Gasteiger partial charge >= 0.3 is 27.2 Å². The summed E-state index contributed by atoms with van der Waals surface area (Å²) in [5.41, 5.74) is 7.01. The first-order valence-corrected chi connectivity index (χ1v) is 9.54. The van der Waals surface area contributed by atoms with Gasteiger partial charge in [0.2, 0.25) is 0 Å². The summed E-state index contributed by atoms with van der Waals surface area (Å²) in [5, 5.41) is 0. The van der Waals surface area contributed by atoms with E-state index in [1.165, 1.54) is 18.4 Å². The fourth-order valence-corrected chi connectivity index (χ4v) is 6.85. The SMILES string of the molecule is C[C@]12CC[C@H]3[C@@H](CCC4=CC(=O)CC[C@@]43C)[C@@H]1CC[C@@H]2OC(N)=O.N.[Cl-].[Cl-].[Pt+2]. The molecule has 4 rings (SSSR count). The fraction of sp³-hybridized carbons (Fsp3) is 0.800. The molecular formula is C20H32Cl2N2O3Pt. The molecule has 0 aromatic heterocycles. The summed E-state index contributed by atoms with van der Waals surface area (Å²) in [6.07, 6.45) is 9.67. The number of carbonyl (C=O) groups is 2. The van der Waals surface area contributed by atoms with E-state index in [0.29, 0.717) is 30.0 Å². The number of rotatable bonds is 1. The van der Waals surface area contributed by atoms with E-state index in [1.807, 2.05) is 6.08 Å². The second kappa shape index (κ2) is 9.81. The number of ketones is 1. The van der Waals surface area contributed by atoms with Gasteiger partial charge in [-0.3, -0.25) is 4.79 Å². The summed E-state index contributed by atoms with van der Waals surface area (Å²) in [6, 6.07) is 0. The van der Waals surface area contributed by atoms with E-state index in [0.717, 1.165) is 32.1 Å². The van der Waals surface area contributed by atoms with Crippen LogP contribution in [0.2, 0.25) is 0 Å². The molecule has 1 amide bonds. The first kappa shape index (κ1) is 27.9. The molecule has 0 spiro atoms. The molecule has 3 fully saturated rings. The zero-order valence-corrected chi connectivity index (χ0v) is 20.4. The van der Waals surface area contributed by atoms with E-state index in [4.69, 9.17) is 10.5 Å². The van der Waals surface area contributed by atoms with Crippen LogP contribution in [0.5, 0.6) is 0 Å². The third kappa shape index (κ3) is 4.19. The van der Waals surface area contributed by atoms with Crippen molar-refractivity contribution in [3.05, 3.63) is 11.6 Å². The Morgan fingerprint density at radius 3 is 2.39 bits per heavy atom. The Balaban J connectivity index is 0.00000182. The minimum absolute atomic E-state index is 0. The van der Waals surface area contributed by atoms with Gasteiger partial charge in [0.25, 0.3) is 0 Å². The summed E-state index contributed by atoms with van der Waals surface area (Å²) >= 11 is 0. The largest absolute Gasteiger partial charge is 2.00 e. The molecule has 4 aliphatic carbocycles. The molecule has 0 saturated heterocycles. The molecule has 0 unspecified atom stereocenters. The van der Waals surface area contributed by atoms with Crippen LogP contribution in [0, 0.1) is 28.6 Å². The molecule has 6 atom stereocenters. The maximum absolute atomic E-state index is 11.9. The second-order valence-corrected chi connectivity index (χ2v) is 9.02. The van der Waals surface area contributed by atoms with Crippen LogP contribution in [0.1, 0.15) is 65.2 Å². The predicted molar refractivity (Wildman–Crippen MR) is 96.2 cm³/mol. The van der Waals surface area contributed by atoms with Crippen LogP contribution in [-0.4, -0.2) is 18.0 Å². The average molecular weight is 614 g/mol. The monoisotopic (exact) mass is 613 g/mol. The van der Waals surface area contributed by atoms with E-state index in [2.05, 4.69) is 13.8 Å². The number of nitrogens with two attached hydrogens (primary N) is 1. The van der Waals surface area contributed by atoms with Crippen LogP contribution in [-0.2, 0) is 30.6 Å². The standard InChI is InChI=1S/C20H29NO3.2ClH.H3N.Pt/c1-19-9-7-13(22)11-12(19)3-4-14-15-5-6-17(24-18(21)23)20(15,2)10-8-16(14)19;;;;/h11,14-17H,3-10H2,1-2H3,(H2,21,23);2*1H;1H3;/q;;;;+2/p-2/t14-,15-,16-,17-,19-,20-;;;;/m0..../s1. The number of halogens is 2. The van der Waals surface area contributed by atoms with Gasteiger partial charge in [-0.05, 0) is 74.2 Å². The van der Waals surface area contributed by atoms with Gasteiger partial charge in [0, 0.05) is 11.8 Å². The van der Waals surface area contributed by atoms with Crippen molar-refractivity contribution >= 4 is 11.9 Å². The average Bonchev–Trinajstić information content (AvgIpc) is 2.84. The number of fused-ring (bicyclic) bond motifs is 5. The number of hydrogen-bond acceptors (Lipinski definition) is 4. The van der Waals surface area contributed by atoms with Crippen LogP contribution >= 0.6 is 0 Å². The van der Waals surface area contributed by atoms with Crippen molar-refractivity contribution in [2.24, 2.45) is 34.3 Å². The molecule has 0 bridgehead atoms. The van der Waals surface area contributed by atoms with Crippen molar-refractivity contribution in [3.8, 4) is 0 Å². The molecule has 164 valence electrons. The second-order valence-electron chi connectivity index (χ2n) is 9.02. The first-order chi connectivity index (χ1) is 11.3. The quantitative estimate of drug-likeness (QED) is 0.362. The summed E-state index contributed by atoms with van der Waals surface area (Å²) < 4.78 is 5.49. The summed E-state index contributed by atoms with van der Waals surface area (Å²) in [5.74, 6) is 2.31. The maximum atomic E-state index is 11.9. The molecule has 3 saturated carbocycles. The van der Waals surface area contributed by atoms with Gasteiger partial charge in [-0.1, -0.05) is 19.4 Å². The van der Waals surface area contributed by atoms with E-state index < -0.39 is 6.09 Å². The minimum atomic E-state index is -0.629. The molecule has 0 radical (unpaired) electrons. The van der Waals surface area contributed by atoms with Crippen LogP contribution in [0.3, 0.4) is 0 Å². The third-order valence-corrected chi connectivity index (χ3v) is 8.13. The molecule has 0 aromatic carbocycles. The molecule has 28 heavy (non-hydrogen) atoms. The van der Waals surface area contributed by atoms with Gasteiger partial charge in [0.05, 0.1) is 0 Å². The Bertz CT molecular complexity index is 633. The molecule has 0 heterocycles. The Morgan fingerprint density at radius 2 is 1.75 bits per heavy atom. The van der Waals surface area contributed by atoms with E-state index >= 15 is 0 Å². The number of carbonyl (C=O) groups excluding carboxylic acids is 2. The van der Waals surface area contributed by atoms with Gasteiger partial charge in [-0.15, -0.1) is 0 Å². The van der Waals surface area contributed by atoms with Crippen molar-refractivity contribution in [2.75, 3.05) is 0 Å². The van der Waals surface area contributed by atoms with E-state index in [-0.39, 0.29) is 69.0 Å². The summed E-state index contributed by atoms with van der Waals surface area (Å²) in [6.45, 7) is 4.71. The smallest absolute Gasteiger partial charge is 1.00 e. The van der Waals surface area contributed by atoms with Gasteiger partial charge in [0.15, 0.2) is 5.78 Å². The zero-order chi connectivity index (χ0) is 17.1. The van der Waals surface area contributed by atoms with Crippen molar-refractivity contribution in [1.29, 1.82) is 0 Å². The Labute approximate surface area is 195 Å². The van der Waals surface area contributed by atoms with Crippen molar-refractivity contribution in [3.63, 3.8) is 0 Å². The van der Waals surface area contributed by atoms with Crippen molar-refractivity contribution in [1.82, 2.24) is 6.15 Å². The molecule has 0 aromatic rings. The molecule has 0 aliphatic heterocycles. The molecule has 8 heteroatoms. The molecule has 4 aliphatic rings. The van der Waals surface area contributed by atoms with Gasteiger partial charge < -0.3 is 41.4 Å². The third-order valence-electron chi connectivity index (χ3n) is 8.13. The number of hydrogen-bond donors (Lipinski definition) is 2. The summed E-state index contributed by atoms with van der Waals surface area (Å²) in [7, 11) is 0. The Morgan fingerprint density at radius 1 is 1.07 bits per heavy atom. The van der Waals surface area contributed by atoms with Crippen LogP contribution in [0.15, 0.2) is 11.6 Å². The molecule has 5 N–H and O–H groups in total. The van der Waals surface area contributed by atoms with Gasteiger partial charge in [-0.25, -0.2) is 4.79 Å². The van der Waals surface area contributed by atoms with Crippen molar-refractivity contribution in [2.45, 2.75) is 71.3 Å². The number of primary amides is 1. The zero-order valence-electron chi connectivity index (χ0n) is 16.6. The van der Waals surface area contributed by atoms with Crippen LogP contribution in [0.4, 0.5) is 4.79 Å². The maximum Gasteiger partial charge on any atom is 2.00 e. The van der Waals surface area contributed by atoms with E-state index in [9.17, 15) is 9.59 Å².